The van der Waals surface area contributed by atoms with Gasteiger partial charge in [0, 0.05) is 0 Å². The molecule has 0 amide bonds. The van der Waals surface area contributed by atoms with Crippen LogP contribution in [0.2, 0.25) is 0 Å². The van der Waals surface area contributed by atoms with Crippen molar-refractivity contribution in [1.82, 2.24) is 14.9 Å². The number of hydrogen-bond acceptors (Lipinski definition) is 4. The number of benzene rings is 1. The van der Waals surface area contributed by atoms with E-state index in [1.807, 2.05) is 7.05 Å². The van der Waals surface area contributed by atoms with Gasteiger partial charge in [-0.25, -0.2) is 0 Å². The molecule has 1 atom stereocenters. The minimum absolute atomic E-state index is 0.175. The van der Waals surface area contributed by atoms with Gasteiger partial charge < -0.3 is 5.32 Å². The largest absolute Gasteiger partial charge is 0.309 e. The molecule has 114 valence electrons. The van der Waals surface area contributed by atoms with Gasteiger partial charge in [-0.05, 0) is 48.0 Å². The Morgan fingerprint density at radius 1 is 1.19 bits per heavy atom. The zero-order valence-corrected chi connectivity index (χ0v) is 14.4. The van der Waals surface area contributed by atoms with Gasteiger partial charge in [0.15, 0.2) is 0 Å². The predicted octanol–water partition coefficient (Wildman–Crippen LogP) is 4.17. The first-order valence-electron chi connectivity index (χ1n) is 7.61. The quantitative estimate of drug-likeness (QED) is 0.870. The lowest BCUT2D eigenvalue weighted by Gasteiger charge is -2.18. The maximum absolute atomic E-state index is 4.31. The van der Waals surface area contributed by atoms with Gasteiger partial charge in [0.1, 0.15) is 0 Å². The Morgan fingerprint density at radius 2 is 1.95 bits per heavy atom. The molecular weight excluding hydrogens is 278 g/mol. The third-order valence-corrected chi connectivity index (χ3v) is 4.37. The summed E-state index contributed by atoms with van der Waals surface area (Å²) in [4.78, 5) is 1.23. The van der Waals surface area contributed by atoms with E-state index in [1.165, 1.54) is 27.5 Å². The van der Waals surface area contributed by atoms with Crippen LogP contribution in [0.4, 0.5) is 0 Å². The van der Waals surface area contributed by atoms with E-state index in [0.717, 1.165) is 12.1 Å². The molecule has 2 rings (SSSR count). The van der Waals surface area contributed by atoms with Crippen LogP contribution in [0.25, 0.3) is 0 Å². The summed E-state index contributed by atoms with van der Waals surface area (Å²) in [5, 5.41) is 7.74. The molecule has 4 heteroatoms. The average Bonchev–Trinajstić information content (AvgIpc) is 2.88. The second kappa shape index (κ2) is 7.14. The molecule has 0 saturated carbocycles. The number of hydrogen-bond donors (Lipinski definition) is 1. The van der Waals surface area contributed by atoms with Crippen molar-refractivity contribution in [3.8, 4) is 0 Å². The van der Waals surface area contributed by atoms with Crippen LogP contribution in [0.15, 0.2) is 24.3 Å². The summed E-state index contributed by atoms with van der Waals surface area (Å²) in [5.41, 5.74) is 3.79. The summed E-state index contributed by atoms with van der Waals surface area (Å²) < 4.78 is 4.16. The van der Waals surface area contributed by atoms with Crippen molar-refractivity contribution in [1.29, 1.82) is 0 Å². The van der Waals surface area contributed by atoms with Gasteiger partial charge in [0.05, 0.1) is 16.6 Å². The zero-order valence-electron chi connectivity index (χ0n) is 13.6. The van der Waals surface area contributed by atoms with Crippen LogP contribution < -0.4 is 5.32 Å². The van der Waals surface area contributed by atoms with Gasteiger partial charge in [0.2, 0.25) is 0 Å². The van der Waals surface area contributed by atoms with Crippen molar-refractivity contribution in [2.24, 2.45) is 5.92 Å². The van der Waals surface area contributed by atoms with Crippen LogP contribution in [0.5, 0.6) is 0 Å². The summed E-state index contributed by atoms with van der Waals surface area (Å²) in [6.45, 7) is 8.85. The Bertz CT molecular complexity index is 575. The molecule has 1 unspecified atom stereocenters. The maximum Gasteiger partial charge on any atom is 0.0832 e. The molecule has 0 radical (unpaired) electrons. The van der Waals surface area contributed by atoms with E-state index in [2.05, 4.69) is 66.9 Å². The van der Waals surface area contributed by atoms with Gasteiger partial charge in [-0.1, -0.05) is 56.4 Å². The van der Waals surface area contributed by atoms with Crippen molar-refractivity contribution in [2.45, 2.75) is 46.1 Å². The lowest BCUT2D eigenvalue weighted by atomic mass is 9.96. The van der Waals surface area contributed by atoms with Crippen molar-refractivity contribution in [3.05, 3.63) is 46.0 Å². The van der Waals surface area contributed by atoms with Crippen LogP contribution >= 0.6 is 11.5 Å². The van der Waals surface area contributed by atoms with E-state index in [4.69, 9.17) is 0 Å². The molecule has 1 aromatic heterocycles. The van der Waals surface area contributed by atoms with E-state index in [9.17, 15) is 0 Å². The van der Waals surface area contributed by atoms with E-state index in [0.29, 0.717) is 11.8 Å². The molecule has 0 bridgehead atoms. The summed E-state index contributed by atoms with van der Waals surface area (Å²) in [6, 6.07) is 9.04. The molecule has 1 aromatic carbocycles. The smallest absolute Gasteiger partial charge is 0.0832 e. The first-order chi connectivity index (χ1) is 10.0. The van der Waals surface area contributed by atoms with E-state index >= 15 is 0 Å². The van der Waals surface area contributed by atoms with Crippen molar-refractivity contribution in [3.63, 3.8) is 0 Å². The Labute approximate surface area is 132 Å². The second-order valence-electron chi connectivity index (χ2n) is 6.24. The molecule has 21 heavy (non-hydrogen) atoms. The fraction of sp³-hybridized carbons (Fsp3) is 0.529. The minimum atomic E-state index is 0.175. The summed E-state index contributed by atoms with van der Waals surface area (Å²) in [5.74, 6) is 1.07. The SMILES string of the molecule is CNC(c1cccc(CC(C)C)c1)c1snnc1C(C)C. The Balaban J connectivity index is 2.35. The lowest BCUT2D eigenvalue weighted by molar-refractivity contribution is 0.642. The highest BCUT2D eigenvalue weighted by atomic mass is 32.1. The fourth-order valence-corrected chi connectivity index (χ4v) is 3.57. The number of rotatable bonds is 6. The molecule has 2 aromatic rings. The van der Waals surface area contributed by atoms with Crippen LogP contribution in [-0.2, 0) is 6.42 Å². The Hall–Kier alpha value is -1.26. The monoisotopic (exact) mass is 303 g/mol. The Kier molecular flexibility index (Phi) is 5.48. The molecule has 0 saturated heterocycles. The van der Waals surface area contributed by atoms with E-state index < -0.39 is 0 Å². The molecule has 0 aliphatic rings. The number of aromatic nitrogens is 2. The molecule has 0 fully saturated rings. The maximum atomic E-state index is 4.31. The van der Waals surface area contributed by atoms with Crippen LogP contribution in [-0.4, -0.2) is 16.6 Å². The normalized spacial score (nSPS) is 13.1. The van der Waals surface area contributed by atoms with Crippen LogP contribution in [0, 0.1) is 5.92 Å². The first-order valence-corrected chi connectivity index (χ1v) is 8.38. The standard InChI is InChI=1S/C17H25N3S/c1-11(2)9-13-7-6-8-14(10-13)16(18-5)17-15(12(3)4)19-20-21-17/h6-8,10-12,16,18H,9H2,1-5H3. The van der Waals surface area contributed by atoms with Gasteiger partial charge in [-0.15, -0.1) is 5.10 Å². The van der Waals surface area contributed by atoms with E-state index in [-0.39, 0.29) is 6.04 Å². The highest BCUT2D eigenvalue weighted by Crippen LogP contribution is 2.31. The van der Waals surface area contributed by atoms with Crippen molar-refractivity contribution < 1.29 is 0 Å². The zero-order chi connectivity index (χ0) is 15.4. The molecule has 1 heterocycles. The van der Waals surface area contributed by atoms with Gasteiger partial charge in [-0.3, -0.25) is 0 Å². The fourth-order valence-electron chi connectivity index (χ4n) is 2.63. The molecule has 0 aliphatic heterocycles. The van der Waals surface area contributed by atoms with Crippen molar-refractivity contribution in [2.75, 3.05) is 7.05 Å². The highest BCUT2D eigenvalue weighted by Gasteiger charge is 2.21. The molecule has 0 aliphatic carbocycles. The summed E-state index contributed by atoms with van der Waals surface area (Å²) >= 11 is 1.50. The first kappa shape index (κ1) is 16.1. The minimum Gasteiger partial charge on any atom is -0.309 e. The van der Waals surface area contributed by atoms with Crippen LogP contribution in [0.3, 0.4) is 0 Å². The summed E-state index contributed by atoms with van der Waals surface area (Å²) in [7, 11) is 2.00. The van der Waals surface area contributed by atoms with E-state index in [1.54, 1.807) is 0 Å². The van der Waals surface area contributed by atoms with Crippen LogP contribution in [0.1, 0.15) is 61.4 Å². The van der Waals surface area contributed by atoms with Crippen molar-refractivity contribution >= 4 is 11.5 Å². The highest BCUT2D eigenvalue weighted by molar-refractivity contribution is 7.05. The van der Waals surface area contributed by atoms with Gasteiger partial charge >= 0.3 is 0 Å². The molecule has 0 spiro atoms. The molecule has 1 N–H and O–H groups in total. The molecular formula is C17H25N3S. The second-order valence-corrected chi connectivity index (χ2v) is 7.03. The molecule has 3 nitrogen and oxygen atoms in total. The topological polar surface area (TPSA) is 37.8 Å². The lowest BCUT2D eigenvalue weighted by Crippen LogP contribution is -2.18. The third kappa shape index (κ3) is 3.89. The number of nitrogens with one attached hydrogen (secondary N) is 1. The summed E-state index contributed by atoms with van der Waals surface area (Å²) in [6.07, 6.45) is 1.11. The number of nitrogens with zero attached hydrogens (tertiary/aromatic N) is 2. The predicted molar refractivity (Wildman–Crippen MR) is 89.9 cm³/mol. The third-order valence-electron chi connectivity index (χ3n) is 3.57. The van der Waals surface area contributed by atoms with Gasteiger partial charge in [-0.2, -0.15) is 0 Å². The average molecular weight is 303 g/mol. The Morgan fingerprint density at radius 3 is 2.57 bits per heavy atom. The van der Waals surface area contributed by atoms with Gasteiger partial charge in [0.25, 0.3) is 0 Å².